The van der Waals surface area contributed by atoms with Crippen LogP contribution in [0.1, 0.15) is 9.67 Å². The molecule has 0 saturated heterocycles. The van der Waals surface area contributed by atoms with E-state index in [0.717, 1.165) is 15.6 Å². The molecule has 5 heteroatoms. The maximum Gasteiger partial charge on any atom is 0.265 e. The maximum atomic E-state index is 12.4. The quantitative estimate of drug-likeness (QED) is 0.596. The molecule has 2 aromatic carbocycles. The van der Waals surface area contributed by atoms with Gasteiger partial charge in [-0.2, -0.15) is 0 Å². The van der Waals surface area contributed by atoms with E-state index >= 15 is 0 Å². The molecular weight excluding hydrogens is 318 g/mol. The van der Waals surface area contributed by atoms with Gasteiger partial charge >= 0.3 is 0 Å². The number of benzene rings is 2. The normalized spacial score (nSPS) is 10.7. The van der Waals surface area contributed by atoms with Crippen LogP contribution < -0.4 is 5.32 Å². The van der Waals surface area contributed by atoms with Crippen molar-refractivity contribution < 1.29 is 4.79 Å². The fraction of sp³-hybridized carbons (Fsp3) is 0. The predicted molar refractivity (Wildman–Crippen MR) is 97.2 cm³/mol. The van der Waals surface area contributed by atoms with Gasteiger partial charge in [-0.15, -0.1) is 11.3 Å². The molecule has 0 unspecified atom stereocenters. The Morgan fingerprint density at radius 3 is 2.38 bits per heavy atom. The Morgan fingerprint density at radius 1 is 0.917 bits per heavy atom. The second-order valence-electron chi connectivity index (χ2n) is 5.26. The van der Waals surface area contributed by atoms with Gasteiger partial charge < -0.3 is 5.32 Å². The molecule has 1 N–H and O–H groups in total. The lowest BCUT2D eigenvalue weighted by Crippen LogP contribution is -2.10. The van der Waals surface area contributed by atoms with E-state index in [1.807, 2.05) is 60.7 Å². The van der Waals surface area contributed by atoms with Crippen LogP contribution in [-0.2, 0) is 0 Å². The van der Waals surface area contributed by atoms with Crippen molar-refractivity contribution in [2.75, 3.05) is 5.32 Å². The number of rotatable bonds is 3. The van der Waals surface area contributed by atoms with Gasteiger partial charge in [0.15, 0.2) is 5.82 Å². The topological polar surface area (TPSA) is 54.9 Å². The third-order valence-corrected chi connectivity index (χ3v) is 4.71. The van der Waals surface area contributed by atoms with Crippen molar-refractivity contribution in [1.29, 1.82) is 0 Å². The average molecular weight is 331 g/mol. The molecule has 24 heavy (non-hydrogen) atoms. The van der Waals surface area contributed by atoms with Gasteiger partial charge in [-0.05, 0) is 17.5 Å². The van der Waals surface area contributed by atoms with Crippen LogP contribution >= 0.6 is 11.3 Å². The number of anilines is 1. The molecule has 0 saturated carbocycles. The Kier molecular flexibility index (Phi) is 3.76. The standard InChI is InChI=1S/C19H13N3OS/c23-19(17-10-14-8-4-5-9-16(14)24-17)22-15-11-20-18(21-12-15)13-6-2-1-3-7-13/h1-12H,(H,22,23). The number of carbonyl (C=O) groups is 1. The lowest BCUT2D eigenvalue weighted by Gasteiger charge is -2.04. The van der Waals surface area contributed by atoms with Gasteiger partial charge in [-0.3, -0.25) is 4.79 Å². The molecule has 0 spiro atoms. The number of hydrogen-bond acceptors (Lipinski definition) is 4. The zero-order chi connectivity index (χ0) is 16.4. The van der Waals surface area contributed by atoms with Crippen LogP contribution in [0.5, 0.6) is 0 Å². The number of thiophene rings is 1. The SMILES string of the molecule is O=C(Nc1cnc(-c2ccccc2)nc1)c1cc2ccccc2s1. The van der Waals surface area contributed by atoms with Crippen molar-refractivity contribution in [3.63, 3.8) is 0 Å². The molecule has 0 atom stereocenters. The number of carbonyl (C=O) groups excluding carboxylic acids is 1. The van der Waals surface area contributed by atoms with Crippen LogP contribution in [0, 0.1) is 0 Å². The van der Waals surface area contributed by atoms with E-state index < -0.39 is 0 Å². The molecule has 2 heterocycles. The number of aromatic nitrogens is 2. The van der Waals surface area contributed by atoms with Crippen LogP contribution in [0.3, 0.4) is 0 Å². The first-order chi connectivity index (χ1) is 11.8. The van der Waals surface area contributed by atoms with Gasteiger partial charge in [0.25, 0.3) is 5.91 Å². The summed E-state index contributed by atoms with van der Waals surface area (Å²) in [5.41, 5.74) is 1.53. The lowest BCUT2D eigenvalue weighted by molar-refractivity contribution is 0.103. The van der Waals surface area contributed by atoms with Crippen molar-refractivity contribution in [1.82, 2.24) is 9.97 Å². The van der Waals surface area contributed by atoms with E-state index in [9.17, 15) is 4.79 Å². The zero-order valence-electron chi connectivity index (χ0n) is 12.6. The second kappa shape index (κ2) is 6.22. The smallest absolute Gasteiger partial charge is 0.265 e. The highest BCUT2D eigenvalue weighted by Crippen LogP contribution is 2.26. The van der Waals surface area contributed by atoms with E-state index in [0.29, 0.717) is 16.4 Å². The first-order valence-corrected chi connectivity index (χ1v) is 8.29. The number of nitrogens with zero attached hydrogens (tertiary/aromatic N) is 2. The average Bonchev–Trinajstić information content (AvgIpc) is 3.07. The number of fused-ring (bicyclic) bond motifs is 1. The van der Waals surface area contributed by atoms with E-state index in [-0.39, 0.29) is 5.91 Å². The second-order valence-corrected chi connectivity index (χ2v) is 6.35. The van der Waals surface area contributed by atoms with Gasteiger partial charge in [0.05, 0.1) is 23.0 Å². The molecule has 0 aliphatic heterocycles. The molecule has 4 aromatic rings. The molecule has 4 nitrogen and oxygen atoms in total. The summed E-state index contributed by atoms with van der Waals surface area (Å²) in [7, 11) is 0. The van der Waals surface area contributed by atoms with E-state index in [2.05, 4.69) is 15.3 Å². The molecule has 0 aliphatic rings. The zero-order valence-corrected chi connectivity index (χ0v) is 13.5. The number of nitrogens with one attached hydrogen (secondary N) is 1. The highest BCUT2D eigenvalue weighted by atomic mass is 32.1. The van der Waals surface area contributed by atoms with Crippen molar-refractivity contribution >= 4 is 33.0 Å². The van der Waals surface area contributed by atoms with E-state index in [1.54, 1.807) is 12.4 Å². The highest BCUT2D eigenvalue weighted by Gasteiger charge is 2.11. The van der Waals surface area contributed by atoms with Gasteiger partial charge in [-0.1, -0.05) is 48.5 Å². The fourth-order valence-electron chi connectivity index (χ4n) is 2.42. The van der Waals surface area contributed by atoms with Crippen LogP contribution in [-0.4, -0.2) is 15.9 Å². The molecule has 0 fully saturated rings. The Labute approximate surface area is 142 Å². The van der Waals surface area contributed by atoms with Crippen molar-refractivity contribution in [2.45, 2.75) is 0 Å². The van der Waals surface area contributed by atoms with Crippen LogP contribution in [0.25, 0.3) is 21.5 Å². The summed E-state index contributed by atoms with van der Waals surface area (Å²) in [6.07, 6.45) is 3.25. The summed E-state index contributed by atoms with van der Waals surface area (Å²) in [5.74, 6) is 0.489. The first-order valence-electron chi connectivity index (χ1n) is 7.47. The van der Waals surface area contributed by atoms with Gasteiger partial charge in [0.1, 0.15) is 0 Å². The first kappa shape index (κ1) is 14.5. The minimum absolute atomic E-state index is 0.146. The van der Waals surface area contributed by atoms with E-state index in [4.69, 9.17) is 0 Å². The molecule has 116 valence electrons. The Morgan fingerprint density at radius 2 is 1.62 bits per heavy atom. The summed E-state index contributed by atoms with van der Waals surface area (Å²) in [6, 6.07) is 19.6. The number of amides is 1. The van der Waals surface area contributed by atoms with Gasteiger partial charge in [0.2, 0.25) is 0 Å². The third-order valence-electron chi connectivity index (χ3n) is 3.59. The predicted octanol–water partition coefficient (Wildman–Crippen LogP) is 4.61. The summed E-state index contributed by atoms with van der Waals surface area (Å²) in [4.78, 5) is 21.7. The molecule has 0 aliphatic carbocycles. The van der Waals surface area contributed by atoms with Gasteiger partial charge in [0, 0.05) is 10.3 Å². The summed E-state index contributed by atoms with van der Waals surface area (Å²) >= 11 is 1.47. The molecule has 0 bridgehead atoms. The van der Waals surface area contributed by atoms with E-state index in [1.165, 1.54) is 11.3 Å². The Bertz CT molecular complexity index is 961. The monoisotopic (exact) mass is 331 g/mol. The largest absolute Gasteiger partial charge is 0.319 e. The highest BCUT2D eigenvalue weighted by molar-refractivity contribution is 7.20. The van der Waals surface area contributed by atoms with Crippen LogP contribution in [0.2, 0.25) is 0 Å². The van der Waals surface area contributed by atoms with Crippen molar-refractivity contribution in [2.24, 2.45) is 0 Å². The molecule has 4 rings (SSSR count). The third kappa shape index (κ3) is 2.89. The molecule has 0 radical (unpaired) electrons. The molecule has 1 amide bonds. The lowest BCUT2D eigenvalue weighted by atomic mass is 10.2. The van der Waals surface area contributed by atoms with Crippen LogP contribution in [0.15, 0.2) is 73.1 Å². The summed E-state index contributed by atoms with van der Waals surface area (Å²) in [5, 5.41) is 3.92. The summed E-state index contributed by atoms with van der Waals surface area (Å²) in [6.45, 7) is 0. The Balaban J connectivity index is 1.53. The molecular formula is C19H13N3OS. The van der Waals surface area contributed by atoms with Crippen molar-refractivity contribution in [3.05, 3.63) is 77.9 Å². The fourth-order valence-corrected chi connectivity index (χ4v) is 3.37. The minimum atomic E-state index is -0.146. The van der Waals surface area contributed by atoms with Crippen molar-refractivity contribution in [3.8, 4) is 11.4 Å². The maximum absolute atomic E-state index is 12.4. The summed E-state index contributed by atoms with van der Waals surface area (Å²) < 4.78 is 1.10. The van der Waals surface area contributed by atoms with Crippen LogP contribution in [0.4, 0.5) is 5.69 Å². The number of hydrogen-bond donors (Lipinski definition) is 1. The molecule has 2 aromatic heterocycles. The Hall–Kier alpha value is -3.05. The van der Waals surface area contributed by atoms with Gasteiger partial charge in [-0.25, -0.2) is 9.97 Å². The minimum Gasteiger partial charge on any atom is -0.319 e.